The highest BCUT2D eigenvalue weighted by Crippen LogP contribution is 2.27. The summed E-state index contributed by atoms with van der Waals surface area (Å²) in [6.07, 6.45) is 6.16. The van der Waals surface area contributed by atoms with Gasteiger partial charge in [0, 0.05) is 6.08 Å². The van der Waals surface area contributed by atoms with Crippen molar-refractivity contribution in [3.05, 3.63) is 41.2 Å². The van der Waals surface area contributed by atoms with E-state index in [0.29, 0.717) is 0 Å². The van der Waals surface area contributed by atoms with Crippen molar-refractivity contribution in [2.75, 3.05) is 11.9 Å². The number of rotatable bonds is 6. The van der Waals surface area contributed by atoms with Gasteiger partial charge in [-0.1, -0.05) is 18.2 Å². The van der Waals surface area contributed by atoms with E-state index in [9.17, 15) is 14.4 Å². The second-order valence-corrected chi connectivity index (χ2v) is 4.20. The second-order valence-electron chi connectivity index (χ2n) is 4.20. The zero-order valence-corrected chi connectivity index (χ0v) is 12.6. The van der Waals surface area contributed by atoms with E-state index < -0.39 is 17.8 Å². The average Bonchev–Trinajstić information content (AvgIpc) is 2.75. The van der Waals surface area contributed by atoms with E-state index in [1.54, 1.807) is 26.0 Å². The Bertz CT molecular complexity index is 641. The number of aryl methyl sites for hydroxylation is 1. The fourth-order valence-corrected chi connectivity index (χ4v) is 1.72. The number of carbonyl (C=O) groups is 3. The third kappa shape index (κ3) is 4.08. The van der Waals surface area contributed by atoms with E-state index in [0.717, 1.165) is 0 Å². The number of carbonyl (C=O) groups excluding carboxylic acids is 3. The van der Waals surface area contributed by atoms with Gasteiger partial charge in [0.2, 0.25) is 5.88 Å². The summed E-state index contributed by atoms with van der Waals surface area (Å²) < 4.78 is 10.1. The molecule has 0 unspecified atom stereocenters. The summed E-state index contributed by atoms with van der Waals surface area (Å²) >= 11 is 0. The van der Waals surface area contributed by atoms with Crippen LogP contribution >= 0.6 is 0 Å². The van der Waals surface area contributed by atoms with E-state index >= 15 is 0 Å². The zero-order valence-electron chi connectivity index (χ0n) is 12.6. The molecule has 22 heavy (non-hydrogen) atoms. The Balaban J connectivity index is 3.16. The fraction of sp³-hybridized carbons (Fsp3) is 0.267. The Hall–Kier alpha value is -2.83. The van der Waals surface area contributed by atoms with E-state index in [2.05, 4.69) is 5.32 Å². The standard InChI is InChI=1S/C15H18N2O5/c1-4-6-7-8-10(18)17-14-12(13(16)19)11(9(3)22-14)15(20)21-5-2/h4,6-8H,5H2,1-3H3,(H2,16,19)(H,17,18)/b6-4+,8-7+. The summed E-state index contributed by atoms with van der Waals surface area (Å²) in [5.41, 5.74) is 4.99. The number of esters is 1. The second kappa shape index (κ2) is 7.82. The van der Waals surface area contributed by atoms with Gasteiger partial charge in [-0.05, 0) is 20.8 Å². The molecule has 7 nitrogen and oxygen atoms in total. The molecule has 0 aromatic carbocycles. The molecular weight excluding hydrogens is 288 g/mol. The van der Waals surface area contributed by atoms with Gasteiger partial charge in [-0.2, -0.15) is 0 Å². The first-order chi connectivity index (χ1) is 10.4. The van der Waals surface area contributed by atoms with Crippen molar-refractivity contribution in [2.24, 2.45) is 5.73 Å². The molecular formula is C15H18N2O5. The van der Waals surface area contributed by atoms with Crippen molar-refractivity contribution in [3.63, 3.8) is 0 Å². The normalized spacial score (nSPS) is 11.0. The SMILES string of the molecule is C/C=C/C=C/C(=O)Nc1oc(C)c(C(=O)OCC)c1C(N)=O. The number of furan rings is 1. The number of primary amides is 1. The number of allylic oxidation sites excluding steroid dienone is 3. The minimum absolute atomic E-state index is 0.0814. The van der Waals surface area contributed by atoms with Crippen LogP contribution < -0.4 is 11.1 Å². The molecule has 0 saturated carbocycles. The lowest BCUT2D eigenvalue weighted by Crippen LogP contribution is -2.19. The molecule has 0 bridgehead atoms. The van der Waals surface area contributed by atoms with Crippen LogP contribution in [0.4, 0.5) is 5.88 Å². The van der Waals surface area contributed by atoms with E-state index in [1.165, 1.54) is 19.1 Å². The summed E-state index contributed by atoms with van der Waals surface area (Å²) in [7, 11) is 0. The van der Waals surface area contributed by atoms with Crippen molar-refractivity contribution in [1.82, 2.24) is 0 Å². The molecule has 118 valence electrons. The van der Waals surface area contributed by atoms with Crippen LogP contribution in [0.2, 0.25) is 0 Å². The average molecular weight is 306 g/mol. The molecule has 2 amide bonds. The van der Waals surface area contributed by atoms with Gasteiger partial charge in [-0.3, -0.25) is 14.9 Å². The lowest BCUT2D eigenvalue weighted by molar-refractivity contribution is -0.112. The Morgan fingerprint density at radius 3 is 2.50 bits per heavy atom. The van der Waals surface area contributed by atoms with Crippen molar-refractivity contribution < 1.29 is 23.5 Å². The zero-order chi connectivity index (χ0) is 16.7. The molecule has 7 heteroatoms. The number of amides is 2. The molecule has 1 aromatic heterocycles. The molecule has 3 N–H and O–H groups in total. The Morgan fingerprint density at radius 1 is 1.27 bits per heavy atom. The van der Waals surface area contributed by atoms with Crippen LogP contribution in [0, 0.1) is 6.92 Å². The van der Waals surface area contributed by atoms with E-state index in [1.807, 2.05) is 0 Å². The predicted octanol–water partition coefficient (Wildman–Crippen LogP) is 1.93. The summed E-state index contributed by atoms with van der Waals surface area (Å²) in [6.45, 7) is 5.04. The summed E-state index contributed by atoms with van der Waals surface area (Å²) in [5.74, 6) is -2.19. The third-order valence-electron chi connectivity index (χ3n) is 2.60. The maximum atomic E-state index is 11.9. The smallest absolute Gasteiger partial charge is 0.342 e. The molecule has 1 rings (SSSR count). The van der Waals surface area contributed by atoms with Crippen LogP contribution in [0.1, 0.15) is 40.3 Å². The molecule has 0 saturated heterocycles. The number of hydrogen-bond donors (Lipinski definition) is 2. The molecule has 0 aliphatic heterocycles. The van der Waals surface area contributed by atoms with Gasteiger partial charge in [-0.25, -0.2) is 4.79 Å². The highest BCUT2D eigenvalue weighted by atomic mass is 16.5. The molecule has 0 aliphatic carbocycles. The van der Waals surface area contributed by atoms with Crippen LogP contribution in [0.15, 0.2) is 28.7 Å². The number of anilines is 1. The Kier molecular flexibility index (Phi) is 6.12. The highest BCUT2D eigenvalue weighted by Gasteiger charge is 2.28. The largest absolute Gasteiger partial charge is 0.462 e. The maximum Gasteiger partial charge on any atom is 0.342 e. The van der Waals surface area contributed by atoms with Crippen LogP contribution in [-0.2, 0) is 9.53 Å². The molecule has 0 radical (unpaired) electrons. The molecule has 0 atom stereocenters. The number of nitrogens with two attached hydrogens (primary N) is 1. The van der Waals surface area contributed by atoms with Gasteiger partial charge in [0.15, 0.2) is 0 Å². The van der Waals surface area contributed by atoms with Crippen LogP contribution in [0.25, 0.3) is 0 Å². The first-order valence-corrected chi connectivity index (χ1v) is 6.63. The highest BCUT2D eigenvalue weighted by molar-refractivity contribution is 6.11. The molecule has 0 fully saturated rings. The Labute approximate surface area is 127 Å². The van der Waals surface area contributed by atoms with Crippen molar-refractivity contribution in [2.45, 2.75) is 20.8 Å². The lowest BCUT2D eigenvalue weighted by atomic mass is 10.1. The van der Waals surface area contributed by atoms with Crippen LogP contribution in [0.5, 0.6) is 0 Å². The van der Waals surface area contributed by atoms with Gasteiger partial charge < -0.3 is 14.9 Å². The first-order valence-electron chi connectivity index (χ1n) is 6.63. The van der Waals surface area contributed by atoms with E-state index in [4.69, 9.17) is 14.9 Å². The van der Waals surface area contributed by atoms with Gasteiger partial charge in [0.1, 0.15) is 16.9 Å². The Morgan fingerprint density at radius 2 is 1.95 bits per heavy atom. The molecule has 1 heterocycles. The van der Waals surface area contributed by atoms with Gasteiger partial charge in [0.25, 0.3) is 11.8 Å². The van der Waals surface area contributed by atoms with Crippen molar-refractivity contribution >= 4 is 23.7 Å². The third-order valence-corrected chi connectivity index (χ3v) is 2.60. The minimum atomic E-state index is -0.896. The van der Waals surface area contributed by atoms with Gasteiger partial charge in [-0.15, -0.1) is 0 Å². The number of ether oxygens (including phenoxy) is 1. The van der Waals surface area contributed by atoms with E-state index in [-0.39, 0.29) is 29.4 Å². The van der Waals surface area contributed by atoms with Crippen LogP contribution in [0.3, 0.4) is 0 Å². The molecule has 0 aliphatic rings. The summed E-state index contributed by atoms with van der Waals surface area (Å²) in [4.78, 5) is 35.2. The van der Waals surface area contributed by atoms with Gasteiger partial charge in [0.05, 0.1) is 6.61 Å². The van der Waals surface area contributed by atoms with Crippen molar-refractivity contribution in [3.8, 4) is 0 Å². The quantitative estimate of drug-likeness (QED) is 0.474. The topological polar surface area (TPSA) is 112 Å². The molecule has 0 spiro atoms. The summed E-state index contributed by atoms with van der Waals surface area (Å²) in [6, 6.07) is 0. The number of nitrogens with one attached hydrogen (secondary N) is 1. The maximum absolute atomic E-state index is 11.9. The van der Waals surface area contributed by atoms with Crippen LogP contribution in [-0.4, -0.2) is 24.4 Å². The lowest BCUT2D eigenvalue weighted by Gasteiger charge is -2.02. The molecule has 1 aromatic rings. The van der Waals surface area contributed by atoms with Crippen molar-refractivity contribution in [1.29, 1.82) is 0 Å². The summed E-state index contributed by atoms with van der Waals surface area (Å²) in [5, 5.41) is 2.37. The number of hydrogen-bond acceptors (Lipinski definition) is 5. The van der Waals surface area contributed by atoms with Gasteiger partial charge >= 0.3 is 5.97 Å². The minimum Gasteiger partial charge on any atom is -0.462 e. The predicted molar refractivity (Wildman–Crippen MR) is 80.5 cm³/mol. The fourth-order valence-electron chi connectivity index (χ4n) is 1.72. The first kappa shape index (κ1) is 17.2. The monoisotopic (exact) mass is 306 g/mol.